The van der Waals surface area contributed by atoms with Crippen LogP contribution in [0.2, 0.25) is 5.02 Å². The zero-order chi connectivity index (χ0) is 26.2. The summed E-state index contributed by atoms with van der Waals surface area (Å²) in [5.41, 5.74) is 0.523. The van der Waals surface area contributed by atoms with Crippen LogP contribution in [-0.4, -0.2) is 48.3 Å². The van der Waals surface area contributed by atoms with E-state index in [4.69, 9.17) is 21.1 Å². The number of methoxy groups -OCH3 is 1. The van der Waals surface area contributed by atoms with E-state index in [2.05, 4.69) is 69.0 Å². The van der Waals surface area contributed by atoms with Crippen LogP contribution in [0.15, 0.2) is 36.1 Å². The van der Waals surface area contributed by atoms with Crippen molar-refractivity contribution in [2.24, 2.45) is 5.92 Å². The average Bonchev–Trinajstić information content (AvgIpc) is 3.05. The molecule has 8 nitrogen and oxygen atoms in total. The molecule has 1 atom stereocenters. The summed E-state index contributed by atoms with van der Waals surface area (Å²) < 4.78 is 12.2. The fraction of sp³-hybridized carbons (Fsp3) is 0.273. The summed E-state index contributed by atoms with van der Waals surface area (Å²) in [6, 6.07) is 3.40. The van der Waals surface area contributed by atoms with Crippen LogP contribution in [0.3, 0.4) is 0 Å². The summed E-state index contributed by atoms with van der Waals surface area (Å²) >= 11 is 19.4. The molecule has 1 heterocycles. The Hall–Kier alpha value is -1.47. The second-order valence-corrected chi connectivity index (χ2v) is 11.3. The summed E-state index contributed by atoms with van der Waals surface area (Å²) in [7, 11) is 1.43. The maximum absolute atomic E-state index is 13.3. The molecule has 3 rings (SSSR count). The van der Waals surface area contributed by atoms with Crippen LogP contribution in [0.4, 0.5) is 5.69 Å². The van der Waals surface area contributed by atoms with Gasteiger partial charge in [0.1, 0.15) is 11.8 Å². The Bertz CT molecular complexity index is 1210. The van der Waals surface area contributed by atoms with Crippen molar-refractivity contribution >= 4 is 105 Å². The Balaban J connectivity index is 1.81. The van der Waals surface area contributed by atoms with E-state index in [0.29, 0.717) is 34.4 Å². The van der Waals surface area contributed by atoms with Gasteiger partial charge in [0, 0.05) is 22.9 Å². The van der Waals surface area contributed by atoms with Crippen molar-refractivity contribution in [1.29, 1.82) is 0 Å². The molecule has 0 aromatic heterocycles. The minimum absolute atomic E-state index is 0.112. The van der Waals surface area contributed by atoms with Crippen LogP contribution in [0.5, 0.6) is 5.75 Å². The summed E-state index contributed by atoms with van der Waals surface area (Å²) in [6.07, 6.45) is 0. The average molecular weight is 760 g/mol. The molecule has 13 heteroatoms. The van der Waals surface area contributed by atoms with E-state index in [1.807, 2.05) is 0 Å². The number of amides is 3. The first-order valence-electron chi connectivity index (χ1n) is 9.94. The Morgan fingerprint density at radius 1 is 1.00 bits per heavy atom. The van der Waals surface area contributed by atoms with E-state index in [-0.39, 0.29) is 11.1 Å². The second-order valence-electron chi connectivity index (χ2n) is 7.68. The van der Waals surface area contributed by atoms with Crippen molar-refractivity contribution in [2.75, 3.05) is 19.0 Å². The maximum Gasteiger partial charge on any atom is 0.330 e. The molecule has 0 aliphatic carbocycles. The third kappa shape index (κ3) is 5.46. The number of fused-ring (bicyclic) bond motifs is 1. The van der Waals surface area contributed by atoms with Gasteiger partial charge in [-0.1, -0.05) is 25.4 Å². The summed E-state index contributed by atoms with van der Waals surface area (Å²) in [6.45, 7) is 2.69. The minimum atomic E-state index is -1.26. The number of ether oxygens (including phenoxy) is 2. The quantitative estimate of drug-likeness (QED) is 0.156. The molecule has 0 saturated carbocycles. The standard InChI is InChI=1S/C22H17Br4ClN2O6/c1-8(2)19(22(33)35-7-12(30)28-10-6-9(27)4-5-11(10)34-3)29-20(31)13-14(21(29)32)16(24)18(26)17(25)15(13)23/h4-6,8,19H,7H2,1-3H3,(H,28,30). The van der Waals surface area contributed by atoms with Gasteiger partial charge in [0.05, 0.1) is 23.9 Å². The Morgan fingerprint density at radius 2 is 1.54 bits per heavy atom. The summed E-state index contributed by atoms with van der Waals surface area (Å²) in [4.78, 5) is 52.9. The minimum Gasteiger partial charge on any atom is -0.495 e. The molecule has 0 saturated heterocycles. The van der Waals surface area contributed by atoms with Crippen LogP contribution in [0.25, 0.3) is 0 Å². The van der Waals surface area contributed by atoms with Crippen LogP contribution >= 0.6 is 75.3 Å². The second kappa shape index (κ2) is 11.3. The number of carbonyl (C=O) groups excluding carboxylic acids is 4. The summed E-state index contributed by atoms with van der Waals surface area (Å²) in [5, 5.41) is 2.93. The predicted molar refractivity (Wildman–Crippen MR) is 144 cm³/mol. The van der Waals surface area contributed by atoms with Crippen LogP contribution in [-0.2, 0) is 14.3 Å². The predicted octanol–water partition coefficient (Wildman–Crippen LogP) is 6.20. The zero-order valence-corrected chi connectivity index (χ0v) is 25.5. The fourth-order valence-electron chi connectivity index (χ4n) is 3.48. The molecule has 3 amide bonds. The molecule has 0 radical (unpaired) electrons. The van der Waals surface area contributed by atoms with Gasteiger partial charge in [-0.2, -0.15) is 0 Å². The van der Waals surface area contributed by atoms with Gasteiger partial charge >= 0.3 is 5.97 Å². The van der Waals surface area contributed by atoms with E-state index < -0.39 is 42.3 Å². The summed E-state index contributed by atoms with van der Waals surface area (Å²) in [5.74, 6) is -2.99. The van der Waals surface area contributed by atoms with Gasteiger partial charge in [0.2, 0.25) is 0 Å². The number of nitrogens with zero attached hydrogens (tertiary/aromatic N) is 1. The van der Waals surface area contributed by atoms with Crippen molar-refractivity contribution < 1.29 is 28.7 Å². The number of hydrogen-bond donors (Lipinski definition) is 1. The van der Waals surface area contributed by atoms with Crippen LogP contribution < -0.4 is 10.1 Å². The number of hydrogen-bond acceptors (Lipinski definition) is 6. The van der Waals surface area contributed by atoms with Gasteiger partial charge in [-0.25, -0.2) is 4.79 Å². The zero-order valence-electron chi connectivity index (χ0n) is 18.4. The highest BCUT2D eigenvalue weighted by Gasteiger charge is 2.47. The molecule has 1 aliphatic rings. The first-order chi connectivity index (χ1) is 16.4. The lowest BCUT2D eigenvalue weighted by atomic mass is 10.0. The van der Waals surface area contributed by atoms with E-state index in [0.717, 1.165) is 4.90 Å². The largest absolute Gasteiger partial charge is 0.495 e. The lowest BCUT2D eigenvalue weighted by molar-refractivity contribution is -0.152. The highest BCUT2D eigenvalue weighted by Crippen LogP contribution is 2.46. The molecule has 1 unspecified atom stereocenters. The fourth-order valence-corrected chi connectivity index (χ4v) is 6.11. The third-order valence-corrected chi connectivity index (χ3v) is 10.1. The Kier molecular flexibility index (Phi) is 9.06. The first kappa shape index (κ1) is 28.1. The van der Waals surface area contributed by atoms with Crippen LogP contribution in [0.1, 0.15) is 34.6 Å². The number of imide groups is 1. The van der Waals surface area contributed by atoms with E-state index in [9.17, 15) is 19.2 Å². The lowest BCUT2D eigenvalue weighted by Gasteiger charge is -2.27. The molecular formula is C22H17Br4ClN2O6. The number of carbonyl (C=O) groups is 4. The molecule has 0 fully saturated rings. The molecule has 186 valence electrons. The van der Waals surface area contributed by atoms with Gasteiger partial charge < -0.3 is 14.8 Å². The SMILES string of the molecule is COc1ccc(Cl)cc1NC(=O)COC(=O)C(C(C)C)N1C(=O)c2c(Br)c(Br)c(Br)c(Br)c2C1=O. The molecule has 2 aromatic rings. The molecular weight excluding hydrogens is 743 g/mol. The molecule has 35 heavy (non-hydrogen) atoms. The van der Waals surface area contributed by atoms with Gasteiger partial charge in [0.15, 0.2) is 6.61 Å². The number of nitrogens with one attached hydrogen (secondary N) is 1. The van der Waals surface area contributed by atoms with Gasteiger partial charge in [0.25, 0.3) is 17.7 Å². The van der Waals surface area contributed by atoms with Crippen molar-refractivity contribution in [3.05, 3.63) is 52.2 Å². The first-order valence-corrected chi connectivity index (χ1v) is 13.5. The van der Waals surface area contributed by atoms with Crippen molar-refractivity contribution in [1.82, 2.24) is 4.90 Å². The van der Waals surface area contributed by atoms with Crippen molar-refractivity contribution in [3.8, 4) is 5.75 Å². The molecule has 1 aliphatic heterocycles. The van der Waals surface area contributed by atoms with Crippen LogP contribution in [0, 0.1) is 5.92 Å². The monoisotopic (exact) mass is 756 g/mol. The van der Waals surface area contributed by atoms with Crippen molar-refractivity contribution in [2.45, 2.75) is 19.9 Å². The smallest absolute Gasteiger partial charge is 0.330 e. The van der Waals surface area contributed by atoms with Gasteiger partial charge in [-0.05, 0) is 87.8 Å². The molecule has 0 bridgehead atoms. The number of benzene rings is 2. The Morgan fingerprint density at radius 3 is 2.03 bits per heavy atom. The third-order valence-electron chi connectivity index (χ3n) is 5.06. The molecule has 1 N–H and O–H groups in total. The molecule has 2 aromatic carbocycles. The topological polar surface area (TPSA) is 102 Å². The normalized spacial score (nSPS) is 13.7. The molecule has 0 spiro atoms. The van der Waals surface area contributed by atoms with Gasteiger partial charge in [-0.15, -0.1) is 0 Å². The lowest BCUT2D eigenvalue weighted by Crippen LogP contribution is -2.49. The van der Waals surface area contributed by atoms with Crippen molar-refractivity contribution in [3.63, 3.8) is 0 Å². The number of anilines is 1. The number of halogens is 5. The highest BCUT2D eigenvalue weighted by molar-refractivity contribution is 9.15. The van der Waals surface area contributed by atoms with E-state index in [1.54, 1.807) is 26.0 Å². The van der Waals surface area contributed by atoms with Gasteiger partial charge in [-0.3, -0.25) is 19.3 Å². The highest BCUT2D eigenvalue weighted by atomic mass is 79.9. The Labute approximate surface area is 239 Å². The van der Waals surface area contributed by atoms with E-state index >= 15 is 0 Å². The van der Waals surface area contributed by atoms with E-state index in [1.165, 1.54) is 13.2 Å². The maximum atomic E-state index is 13.3. The number of esters is 1. The number of rotatable bonds is 7.